The van der Waals surface area contributed by atoms with Crippen LogP contribution in [0.15, 0.2) is 67.2 Å². The third kappa shape index (κ3) is 6.04. The molecule has 3 aromatic carbocycles. The van der Waals surface area contributed by atoms with Crippen LogP contribution in [0.5, 0.6) is 5.75 Å². The maximum atomic E-state index is 12.4. The average Bonchev–Trinajstić information content (AvgIpc) is 2.85. The SMILES string of the molecule is C=Cc1cc(CNc2ccc(C(=N)N)cc2)c(-c2ccc(C(=O)NCC(C)C)cc2)cc1OC. The molecule has 0 heterocycles. The minimum atomic E-state index is -0.0734. The molecule has 6 nitrogen and oxygen atoms in total. The molecular formula is C28H32N4O2. The third-order valence-corrected chi connectivity index (χ3v) is 5.48. The first-order valence-corrected chi connectivity index (χ1v) is 11.2. The van der Waals surface area contributed by atoms with Crippen LogP contribution >= 0.6 is 0 Å². The minimum Gasteiger partial charge on any atom is -0.496 e. The van der Waals surface area contributed by atoms with Crippen LogP contribution in [0.25, 0.3) is 17.2 Å². The molecule has 34 heavy (non-hydrogen) atoms. The highest BCUT2D eigenvalue weighted by molar-refractivity contribution is 5.95. The Balaban J connectivity index is 1.89. The number of carbonyl (C=O) groups is 1. The Hall–Kier alpha value is -4.06. The second kappa shape index (κ2) is 11.2. The van der Waals surface area contributed by atoms with Crippen molar-refractivity contribution in [1.29, 1.82) is 5.41 Å². The summed E-state index contributed by atoms with van der Waals surface area (Å²) in [5.74, 6) is 1.10. The first kappa shape index (κ1) is 24.6. The zero-order valence-electron chi connectivity index (χ0n) is 19.9. The van der Waals surface area contributed by atoms with Gasteiger partial charge in [0.05, 0.1) is 7.11 Å². The lowest BCUT2D eigenvalue weighted by Crippen LogP contribution is -2.27. The number of methoxy groups -OCH3 is 1. The Labute approximate surface area is 201 Å². The number of nitrogens with one attached hydrogen (secondary N) is 3. The molecule has 0 aliphatic carbocycles. The van der Waals surface area contributed by atoms with E-state index in [0.717, 1.165) is 33.7 Å². The second-order valence-corrected chi connectivity index (χ2v) is 8.48. The lowest BCUT2D eigenvalue weighted by atomic mass is 9.95. The van der Waals surface area contributed by atoms with Crippen molar-refractivity contribution in [3.8, 4) is 16.9 Å². The molecule has 5 N–H and O–H groups in total. The number of anilines is 1. The number of rotatable bonds is 10. The standard InChI is InChI=1S/C28H32N4O2/c1-5-19-14-23(17-31-24-12-10-21(11-13-24)27(29)30)25(15-26(19)34-4)20-6-8-22(9-7-20)28(33)32-16-18(2)3/h5-15,18,31H,1,16-17H2,2-4H3,(H3,29,30)(H,32,33). The van der Waals surface area contributed by atoms with E-state index < -0.39 is 0 Å². The van der Waals surface area contributed by atoms with E-state index in [2.05, 4.69) is 37.1 Å². The summed E-state index contributed by atoms with van der Waals surface area (Å²) < 4.78 is 5.58. The lowest BCUT2D eigenvalue weighted by molar-refractivity contribution is 0.0949. The van der Waals surface area contributed by atoms with Crippen molar-refractivity contribution >= 4 is 23.5 Å². The van der Waals surface area contributed by atoms with Crippen LogP contribution in [-0.2, 0) is 6.54 Å². The summed E-state index contributed by atoms with van der Waals surface area (Å²) in [6.45, 7) is 9.25. The van der Waals surface area contributed by atoms with Gasteiger partial charge in [0.15, 0.2) is 0 Å². The summed E-state index contributed by atoms with van der Waals surface area (Å²) in [5.41, 5.74) is 11.7. The number of benzene rings is 3. The van der Waals surface area contributed by atoms with Crippen molar-refractivity contribution in [2.24, 2.45) is 11.7 Å². The molecule has 3 rings (SSSR count). The second-order valence-electron chi connectivity index (χ2n) is 8.48. The molecule has 0 saturated carbocycles. The molecule has 0 aromatic heterocycles. The van der Waals surface area contributed by atoms with E-state index in [1.807, 2.05) is 54.6 Å². The average molecular weight is 457 g/mol. The topological polar surface area (TPSA) is 100 Å². The Morgan fingerprint density at radius 1 is 1.09 bits per heavy atom. The van der Waals surface area contributed by atoms with Gasteiger partial charge in [-0.15, -0.1) is 0 Å². The molecule has 0 aliphatic rings. The van der Waals surface area contributed by atoms with Crippen molar-refractivity contribution in [2.75, 3.05) is 19.0 Å². The van der Waals surface area contributed by atoms with Crippen molar-refractivity contribution in [3.05, 3.63) is 89.5 Å². The fourth-order valence-electron chi connectivity index (χ4n) is 3.56. The Morgan fingerprint density at radius 3 is 2.29 bits per heavy atom. The van der Waals surface area contributed by atoms with Crippen LogP contribution in [0.2, 0.25) is 0 Å². The van der Waals surface area contributed by atoms with E-state index in [9.17, 15) is 4.79 Å². The largest absolute Gasteiger partial charge is 0.496 e. The molecule has 0 bridgehead atoms. The highest BCUT2D eigenvalue weighted by Gasteiger charge is 2.13. The Kier molecular flexibility index (Phi) is 8.09. The van der Waals surface area contributed by atoms with Crippen molar-refractivity contribution < 1.29 is 9.53 Å². The quantitative estimate of drug-likeness (QED) is 0.246. The summed E-state index contributed by atoms with van der Waals surface area (Å²) in [6.07, 6.45) is 1.77. The third-order valence-electron chi connectivity index (χ3n) is 5.48. The summed E-state index contributed by atoms with van der Waals surface area (Å²) in [5, 5.41) is 13.9. The normalized spacial score (nSPS) is 10.6. The minimum absolute atomic E-state index is 0.0425. The lowest BCUT2D eigenvalue weighted by Gasteiger charge is -2.16. The van der Waals surface area contributed by atoms with Gasteiger partial charge in [-0.3, -0.25) is 10.2 Å². The highest BCUT2D eigenvalue weighted by atomic mass is 16.5. The smallest absolute Gasteiger partial charge is 0.251 e. The summed E-state index contributed by atoms with van der Waals surface area (Å²) in [7, 11) is 1.64. The van der Waals surface area contributed by atoms with Crippen molar-refractivity contribution in [2.45, 2.75) is 20.4 Å². The van der Waals surface area contributed by atoms with Gasteiger partial charge >= 0.3 is 0 Å². The van der Waals surface area contributed by atoms with Gasteiger partial charge in [0.25, 0.3) is 5.91 Å². The Bertz CT molecular complexity index is 1170. The van der Waals surface area contributed by atoms with Crippen LogP contribution < -0.4 is 21.1 Å². The summed E-state index contributed by atoms with van der Waals surface area (Å²) >= 11 is 0. The van der Waals surface area contributed by atoms with E-state index in [1.54, 1.807) is 13.2 Å². The molecule has 0 radical (unpaired) electrons. The van der Waals surface area contributed by atoms with Gasteiger partial charge in [-0.25, -0.2) is 0 Å². The van der Waals surface area contributed by atoms with Gasteiger partial charge in [0, 0.05) is 35.5 Å². The number of carbonyl (C=O) groups excluding carboxylic acids is 1. The van der Waals surface area contributed by atoms with E-state index in [4.69, 9.17) is 15.9 Å². The number of ether oxygens (including phenoxy) is 1. The maximum absolute atomic E-state index is 12.4. The van der Waals surface area contributed by atoms with E-state index in [-0.39, 0.29) is 11.7 Å². The van der Waals surface area contributed by atoms with E-state index in [0.29, 0.717) is 30.1 Å². The predicted octanol–water partition coefficient (Wildman–Crippen LogP) is 5.29. The van der Waals surface area contributed by atoms with Gasteiger partial charge in [0.1, 0.15) is 11.6 Å². The summed E-state index contributed by atoms with van der Waals surface area (Å²) in [6, 6.07) is 19.1. The van der Waals surface area contributed by atoms with Crippen molar-refractivity contribution in [1.82, 2.24) is 5.32 Å². The van der Waals surface area contributed by atoms with Gasteiger partial charge in [-0.05, 0) is 71.1 Å². The predicted molar refractivity (Wildman–Crippen MR) is 140 cm³/mol. The first-order chi connectivity index (χ1) is 16.3. The van der Waals surface area contributed by atoms with Crippen LogP contribution in [0.1, 0.15) is 40.9 Å². The number of nitrogen functional groups attached to an aromatic ring is 1. The molecule has 0 aliphatic heterocycles. The first-order valence-electron chi connectivity index (χ1n) is 11.2. The van der Waals surface area contributed by atoms with Crippen LogP contribution in [0, 0.1) is 11.3 Å². The molecule has 0 unspecified atom stereocenters. The molecular weight excluding hydrogens is 424 g/mol. The molecule has 1 amide bonds. The molecule has 0 spiro atoms. The van der Waals surface area contributed by atoms with Crippen LogP contribution in [-0.4, -0.2) is 25.4 Å². The number of amidine groups is 1. The van der Waals surface area contributed by atoms with Gasteiger partial charge in [0.2, 0.25) is 0 Å². The zero-order chi connectivity index (χ0) is 24.7. The van der Waals surface area contributed by atoms with Gasteiger partial charge in [-0.2, -0.15) is 0 Å². The fourth-order valence-corrected chi connectivity index (χ4v) is 3.56. The summed E-state index contributed by atoms with van der Waals surface area (Å²) in [4.78, 5) is 12.4. The highest BCUT2D eigenvalue weighted by Crippen LogP contribution is 2.32. The van der Waals surface area contributed by atoms with Crippen LogP contribution in [0.4, 0.5) is 5.69 Å². The molecule has 0 saturated heterocycles. The van der Waals surface area contributed by atoms with Gasteiger partial charge < -0.3 is 21.1 Å². The van der Waals surface area contributed by atoms with Gasteiger partial charge in [-0.1, -0.05) is 38.6 Å². The number of hydrogen-bond donors (Lipinski definition) is 4. The van der Waals surface area contributed by atoms with Crippen molar-refractivity contribution in [3.63, 3.8) is 0 Å². The fraction of sp³-hybridized carbons (Fsp3) is 0.214. The van der Waals surface area contributed by atoms with Crippen LogP contribution in [0.3, 0.4) is 0 Å². The molecule has 176 valence electrons. The van der Waals surface area contributed by atoms with E-state index in [1.165, 1.54) is 0 Å². The maximum Gasteiger partial charge on any atom is 0.251 e. The monoisotopic (exact) mass is 456 g/mol. The zero-order valence-corrected chi connectivity index (χ0v) is 19.9. The molecule has 6 heteroatoms. The van der Waals surface area contributed by atoms with E-state index >= 15 is 0 Å². The molecule has 0 fully saturated rings. The number of hydrogen-bond acceptors (Lipinski definition) is 4. The Morgan fingerprint density at radius 2 is 1.74 bits per heavy atom. The number of amides is 1. The number of nitrogens with two attached hydrogens (primary N) is 1. The molecule has 0 atom stereocenters. The molecule has 3 aromatic rings.